The number of esters is 2. The highest BCUT2D eigenvalue weighted by Crippen LogP contribution is 2.01. The van der Waals surface area contributed by atoms with Gasteiger partial charge in [0, 0.05) is 19.8 Å². The van der Waals surface area contributed by atoms with Crippen molar-refractivity contribution in [1.82, 2.24) is 0 Å². The number of rotatable bonds is 8. The van der Waals surface area contributed by atoms with Gasteiger partial charge in [-0.15, -0.1) is 0 Å². The Hall–Kier alpha value is -1.39. The third-order valence-electron chi connectivity index (χ3n) is 1.81. The fourth-order valence-corrected chi connectivity index (χ4v) is 1.06. The molecule has 0 aromatic rings. The van der Waals surface area contributed by atoms with Crippen molar-refractivity contribution in [3.05, 3.63) is 0 Å². The monoisotopic (exact) mass is 230 g/mol. The normalized spacial score (nSPS) is 9.62. The molecule has 0 unspecified atom stereocenters. The molecule has 0 radical (unpaired) electrons. The molecule has 0 aliphatic heterocycles. The Morgan fingerprint density at radius 3 is 2.00 bits per heavy atom. The Balaban J connectivity index is 3.31. The van der Waals surface area contributed by atoms with Crippen molar-refractivity contribution < 1.29 is 23.9 Å². The first-order valence-electron chi connectivity index (χ1n) is 5.31. The maximum atomic E-state index is 11.1. The molecule has 0 fully saturated rings. The molecule has 0 atom stereocenters. The molecule has 0 aromatic carbocycles. The second kappa shape index (κ2) is 8.88. The fraction of sp³-hybridized carbons (Fsp3) is 0.727. The number of ketones is 1. The van der Waals surface area contributed by atoms with Gasteiger partial charge in [0.05, 0.1) is 0 Å². The van der Waals surface area contributed by atoms with Crippen molar-refractivity contribution in [3.8, 4) is 0 Å². The topological polar surface area (TPSA) is 69.7 Å². The number of carbonyl (C=O) groups excluding carboxylic acids is 3. The summed E-state index contributed by atoms with van der Waals surface area (Å²) in [5.74, 6) is -0.587. The van der Waals surface area contributed by atoms with E-state index in [0.29, 0.717) is 25.7 Å². The highest BCUT2D eigenvalue weighted by molar-refractivity contribution is 5.75. The molecule has 0 rings (SSSR count). The van der Waals surface area contributed by atoms with Gasteiger partial charge in [-0.3, -0.25) is 9.59 Å². The van der Waals surface area contributed by atoms with Crippen molar-refractivity contribution in [1.29, 1.82) is 0 Å². The summed E-state index contributed by atoms with van der Waals surface area (Å²) in [7, 11) is 0. The van der Waals surface area contributed by atoms with E-state index in [2.05, 4.69) is 4.74 Å². The lowest BCUT2D eigenvalue weighted by Crippen LogP contribution is -2.12. The van der Waals surface area contributed by atoms with E-state index in [1.54, 1.807) is 0 Å². The Morgan fingerprint density at radius 1 is 0.875 bits per heavy atom. The molecular weight excluding hydrogens is 212 g/mol. The van der Waals surface area contributed by atoms with Crippen LogP contribution in [0.3, 0.4) is 0 Å². The van der Waals surface area contributed by atoms with Crippen molar-refractivity contribution in [3.63, 3.8) is 0 Å². The third-order valence-corrected chi connectivity index (χ3v) is 1.81. The Kier molecular flexibility index (Phi) is 8.11. The molecule has 0 aliphatic carbocycles. The molecule has 0 heterocycles. The lowest BCUT2D eigenvalue weighted by Gasteiger charge is -2.04. The molecule has 5 nitrogen and oxygen atoms in total. The zero-order valence-electron chi connectivity index (χ0n) is 9.78. The van der Waals surface area contributed by atoms with Crippen LogP contribution in [0.25, 0.3) is 0 Å². The Labute approximate surface area is 95.1 Å². The van der Waals surface area contributed by atoms with E-state index in [-0.39, 0.29) is 25.0 Å². The maximum absolute atomic E-state index is 11.1. The minimum absolute atomic E-state index is 0.0884. The average molecular weight is 230 g/mol. The largest absolute Gasteiger partial charge is 0.462 e. The number of ether oxygens (including phenoxy) is 2. The number of Topliss-reactive ketones (excluding diaryl/α,β-unsaturated/α-hetero) is 1. The van der Waals surface area contributed by atoms with Crippen LogP contribution in [0.2, 0.25) is 0 Å². The van der Waals surface area contributed by atoms with Gasteiger partial charge < -0.3 is 14.3 Å². The summed E-state index contributed by atoms with van der Waals surface area (Å²) < 4.78 is 9.39. The number of carbonyl (C=O) groups is 3. The highest BCUT2D eigenvalue weighted by atomic mass is 16.6. The van der Waals surface area contributed by atoms with Crippen LogP contribution in [0.15, 0.2) is 0 Å². The van der Waals surface area contributed by atoms with E-state index < -0.39 is 5.97 Å². The van der Waals surface area contributed by atoms with Gasteiger partial charge in [0.2, 0.25) is 0 Å². The first-order valence-corrected chi connectivity index (χ1v) is 5.31. The highest BCUT2D eigenvalue weighted by Gasteiger charge is 2.03. The van der Waals surface area contributed by atoms with Gasteiger partial charge in [-0.2, -0.15) is 0 Å². The number of hydrogen-bond acceptors (Lipinski definition) is 5. The van der Waals surface area contributed by atoms with E-state index in [4.69, 9.17) is 4.74 Å². The summed E-state index contributed by atoms with van der Waals surface area (Å²) in [4.78, 5) is 32.1. The first-order chi connectivity index (χ1) is 7.52. The standard InChI is InChI=1S/C11H18O5/c1-9(12)5-3-4-6-11(14)16-8-7-15-10(2)13/h3-8H2,1-2H3. The number of hydrogen-bond donors (Lipinski definition) is 0. The second-order valence-electron chi connectivity index (χ2n) is 3.47. The smallest absolute Gasteiger partial charge is 0.305 e. The summed E-state index contributed by atoms with van der Waals surface area (Å²) in [6.07, 6.45) is 2.15. The predicted octanol–water partition coefficient (Wildman–Crippen LogP) is 1.24. The maximum Gasteiger partial charge on any atom is 0.305 e. The molecule has 0 saturated carbocycles. The lowest BCUT2D eigenvalue weighted by atomic mass is 10.1. The van der Waals surface area contributed by atoms with Crippen molar-refractivity contribution in [2.24, 2.45) is 0 Å². The van der Waals surface area contributed by atoms with E-state index in [0.717, 1.165) is 0 Å². The minimum atomic E-state index is -0.391. The summed E-state index contributed by atoms with van der Waals surface area (Å²) >= 11 is 0. The second-order valence-corrected chi connectivity index (χ2v) is 3.47. The van der Waals surface area contributed by atoms with Crippen LogP contribution < -0.4 is 0 Å². The lowest BCUT2D eigenvalue weighted by molar-refractivity contribution is -0.151. The van der Waals surface area contributed by atoms with Gasteiger partial charge in [0.25, 0.3) is 0 Å². The van der Waals surface area contributed by atoms with E-state index >= 15 is 0 Å². The summed E-state index contributed by atoms with van der Waals surface area (Å²) in [6.45, 7) is 3.00. The minimum Gasteiger partial charge on any atom is -0.462 e. The molecule has 92 valence electrons. The summed E-state index contributed by atoms with van der Waals surface area (Å²) in [5.41, 5.74) is 0. The summed E-state index contributed by atoms with van der Waals surface area (Å²) in [6, 6.07) is 0. The van der Waals surface area contributed by atoms with Crippen LogP contribution in [-0.2, 0) is 23.9 Å². The molecule has 0 spiro atoms. The van der Waals surface area contributed by atoms with Crippen LogP contribution in [0, 0.1) is 0 Å². The quantitative estimate of drug-likeness (QED) is 0.463. The SMILES string of the molecule is CC(=O)CCCCC(=O)OCCOC(C)=O. The zero-order valence-corrected chi connectivity index (χ0v) is 9.78. The van der Waals surface area contributed by atoms with Gasteiger partial charge in [-0.25, -0.2) is 0 Å². The predicted molar refractivity (Wildman–Crippen MR) is 56.7 cm³/mol. The van der Waals surface area contributed by atoms with E-state index in [9.17, 15) is 14.4 Å². The van der Waals surface area contributed by atoms with Gasteiger partial charge in [0.15, 0.2) is 0 Å². The van der Waals surface area contributed by atoms with E-state index in [1.165, 1.54) is 13.8 Å². The molecular formula is C11H18O5. The van der Waals surface area contributed by atoms with Crippen LogP contribution in [0.1, 0.15) is 39.5 Å². The van der Waals surface area contributed by atoms with Crippen LogP contribution in [-0.4, -0.2) is 30.9 Å². The third kappa shape index (κ3) is 10.7. The van der Waals surface area contributed by atoms with Crippen molar-refractivity contribution in [2.45, 2.75) is 39.5 Å². The fourth-order valence-electron chi connectivity index (χ4n) is 1.06. The Morgan fingerprint density at radius 2 is 1.44 bits per heavy atom. The van der Waals surface area contributed by atoms with Gasteiger partial charge in [-0.1, -0.05) is 0 Å². The molecule has 0 saturated heterocycles. The first kappa shape index (κ1) is 14.6. The van der Waals surface area contributed by atoms with Gasteiger partial charge >= 0.3 is 11.9 Å². The molecule has 5 heteroatoms. The van der Waals surface area contributed by atoms with Crippen molar-refractivity contribution >= 4 is 17.7 Å². The molecule has 0 aromatic heterocycles. The van der Waals surface area contributed by atoms with E-state index in [1.807, 2.05) is 0 Å². The van der Waals surface area contributed by atoms with Crippen molar-refractivity contribution in [2.75, 3.05) is 13.2 Å². The number of unbranched alkanes of at least 4 members (excludes halogenated alkanes) is 1. The van der Waals surface area contributed by atoms with Gasteiger partial charge in [-0.05, 0) is 19.8 Å². The summed E-state index contributed by atoms with van der Waals surface area (Å²) in [5, 5.41) is 0. The van der Waals surface area contributed by atoms with Crippen LogP contribution >= 0.6 is 0 Å². The van der Waals surface area contributed by atoms with Gasteiger partial charge in [0.1, 0.15) is 19.0 Å². The van der Waals surface area contributed by atoms with Crippen LogP contribution in [0.4, 0.5) is 0 Å². The molecule has 0 bridgehead atoms. The molecule has 0 N–H and O–H groups in total. The Bertz CT molecular complexity index is 223. The molecule has 16 heavy (non-hydrogen) atoms. The average Bonchev–Trinajstić information content (AvgIpc) is 2.19. The van der Waals surface area contributed by atoms with Crippen LogP contribution in [0.5, 0.6) is 0 Å². The zero-order chi connectivity index (χ0) is 12.4. The molecule has 0 amide bonds. The molecule has 0 aliphatic rings.